The number of hydrogen-bond acceptors (Lipinski definition) is 4. The summed E-state index contributed by atoms with van der Waals surface area (Å²) in [6, 6.07) is 7.03. The summed E-state index contributed by atoms with van der Waals surface area (Å²) in [5, 5.41) is 12.4. The Balaban J connectivity index is 2.33. The van der Waals surface area contributed by atoms with Gasteiger partial charge in [-0.1, -0.05) is 29.8 Å². The summed E-state index contributed by atoms with van der Waals surface area (Å²) in [5.41, 5.74) is -1.44. The number of likely N-dealkylation sites (tertiary alicyclic amines) is 1. The van der Waals surface area contributed by atoms with Gasteiger partial charge in [-0.25, -0.2) is 4.79 Å². The van der Waals surface area contributed by atoms with Gasteiger partial charge in [-0.2, -0.15) is 0 Å². The number of carbonyl (C=O) groups excluding carboxylic acids is 2. The molecule has 1 aliphatic heterocycles. The molecule has 1 aliphatic rings. The van der Waals surface area contributed by atoms with E-state index in [1.54, 1.807) is 45.0 Å². The number of carboxylic acid groups (broad SMARTS) is 1. The summed E-state index contributed by atoms with van der Waals surface area (Å²) >= 11 is 6.16. The number of hydrogen-bond donors (Lipinski definition) is 0. The number of benzene rings is 1. The van der Waals surface area contributed by atoms with Crippen molar-refractivity contribution in [1.82, 2.24) is 4.90 Å². The van der Waals surface area contributed by atoms with Gasteiger partial charge >= 0.3 is 6.09 Å². The Hall–Kier alpha value is -1.75. The SMILES string of the molecule is CC(C)(C)OC(=O)N1CCC[C@@]1(Cc1ccccc1Cl)C(=O)[O-]. The Labute approximate surface area is 141 Å². The molecule has 1 amide bonds. The molecule has 0 unspecified atom stereocenters. The minimum atomic E-state index is -1.42. The Morgan fingerprint density at radius 3 is 2.57 bits per heavy atom. The normalized spacial score (nSPS) is 21.3. The van der Waals surface area contributed by atoms with Crippen molar-refractivity contribution in [3.8, 4) is 0 Å². The summed E-state index contributed by atoms with van der Waals surface area (Å²) < 4.78 is 5.36. The van der Waals surface area contributed by atoms with E-state index < -0.39 is 23.2 Å². The number of amides is 1. The molecule has 23 heavy (non-hydrogen) atoms. The number of rotatable bonds is 3. The monoisotopic (exact) mass is 338 g/mol. The Morgan fingerprint density at radius 1 is 1.35 bits per heavy atom. The summed E-state index contributed by atoms with van der Waals surface area (Å²) in [7, 11) is 0. The minimum absolute atomic E-state index is 0.105. The van der Waals surface area contributed by atoms with Crippen LogP contribution < -0.4 is 5.11 Å². The molecule has 1 fully saturated rings. The van der Waals surface area contributed by atoms with Crippen LogP contribution in [0.2, 0.25) is 5.02 Å². The fourth-order valence-corrected chi connectivity index (χ4v) is 3.09. The van der Waals surface area contributed by atoms with Crippen molar-refractivity contribution in [2.75, 3.05) is 6.54 Å². The highest BCUT2D eigenvalue weighted by Crippen LogP contribution is 2.35. The van der Waals surface area contributed by atoms with Crippen molar-refractivity contribution < 1.29 is 19.4 Å². The third kappa shape index (κ3) is 3.78. The lowest BCUT2D eigenvalue weighted by Gasteiger charge is -2.40. The molecule has 1 saturated heterocycles. The van der Waals surface area contributed by atoms with E-state index in [4.69, 9.17) is 16.3 Å². The van der Waals surface area contributed by atoms with Gasteiger partial charge in [0.2, 0.25) is 0 Å². The number of ether oxygens (including phenoxy) is 1. The predicted octanol–water partition coefficient (Wildman–Crippen LogP) is 2.40. The third-order valence-electron chi connectivity index (χ3n) is 3.92. The molecule has 0 aromatic heterocycles. The molecule has 1 aromatic carbocycles. The topological polar surface area (TPSA) is 69.7 Å². The molecule has 0 N–H and O–H groups in total. The van der Waals surface area contributed by atoms with Crippen LogP contribution in [0.3, 0.4) is 0 Å². The first-order valence-electron chi connectivity index (χ1n) is 7.61. The average molecular weight is 339 g/mol. The quantitative estimate of drug-likeness (QED) is 0.848. The van der Waals surface area contributed by atoms with Gasteiger partial charge < -0.3 is 14.6 Å². The largest absolute Gasteiger partial charge is 0.548 e. The van der Waals surface area contributed by atoms with E-state index in [0.29, 0.717) is 30.0 Å². The van der Waals surface area contributed by atoms with Crippen LogP contribution in [0.1, 0.15) is 39.2 Å². The lowest BCUT2D eigenvalue weighted by Crippen LogP contribution is -2.60. The van der Waals surface area contributed by atoms with Gasteiger partial charge in [0.05, 0.1) is 11.5 Å². The van der Waals surface area contributed by atoms with Crippen molar-refractivity contribution in [1.29, 1.82) is 0 Å². The summed E-state index contributed by atoms with van der Waals surface area (Å²) in [5.74, 6) is -1.28. The Kier molecular flexibility index (Phi) is 4.90. The maximum Gasteiger partial charge on any atom is 0.411 e. The Bertz CT molecular complexity index is 611. The second-order valence-corrected chi connectivity index (χ2v) is 7.23. The third-order valence-corrected chi connectivity index (χ3v) is 4.29. The highest BCUT2D eigenvalue weighted by atomic mass is 35.5. The van der Waals surface area contributed by atoms with E-state index in [2.05, 4.69) is 0 Å². The van der Waals surface area contributed by atoms with Crippen LogP contribution in [-0.2, 0) is 16.0 Å². The van der Waals surface area contributed by atoms with Crippen LogP contribution in [0.25, 0.3) is 0 Å². The van der Waals surface area contributed by atoms with Crippen LogP contribution in [0.5, 0.6) is 0 Å². The molecule has 1 atom stereocenters. The molecule has 0 aliphatic carbocycles. The second kappa shape index (κ2) is 6.40. The molecule has 0 saturated carbocycles. The van der Waals surface area contributed by atoms with E-state index in [9.17, 15) is 14.7 Å². The standard InChI is InChI=1S/C17H22ClNO4/c1-16(2,3)23-15(22)19-10-6-9-17(19,14(20)21)11-12-7-4-5-8-13(12)18/h4-5,7-8H,6,9-11H2,1-3H3,(H,20,21)/p-1/t17-/m1/s1. The highest BCUT2D eigenvalue weighted by molar-refractivity contribution is 6.31. The summed E-state index contributed by atoms with van der Waals surface area (Å²) in [6.07, 6.45) is 0.373. The number of aliphatic carboxylic acids is 1. The zero-order valence-electron chi connectivity index (χ0n) is 13.6. The summed E-state index contributed by atoms with van der Waals surface area (Å²) in [6.45, 7) is 5.56. The maximum atomic E-state index is 12.4. The molecule has 0 bridgehead atoms. The smallest absolute Gasteiger partial charge is 0.411 e. The fourth-order valence-electron chi connectivity index (χ4n) is 2.89. The molecule has 5 nitrogen and oxygen atoms in total. The lowest BCUT2D eigenvalue weighted by molar-refractivity contribution is -0.317. The van der Waals surface area contributed by atoms with Gasteiger partial charge in [-0.15, -0.1) is 0 Å². The predicted molar refractivity (Wildman–Crippen MR) is 85.1 cm³/mol. The van der Waals surface area contributed by atoms with Gasteiger partial charge in [-0.05, 0) is 45.2 Å². The van der Waals surface area contributed by atoms with E-state index in [1.807, 2.05) is 0 Å². The summed E-state index contributed by atoms with van der Waals surface area (Å²) in [4.78, 5) is 25.6. The minimum Gasteiger partial charge on any atom is -0.548 e. The second-order valence-electron chi connectivity index (χ2n) is 6.82. The fraction of sp³-hybridized carbons (Fsp3) is 0.529. The van der Waals surface area contributed by atoms with Crippen molar-refractivity contribution in [2.24, 2.45) is 0 Å². The van der Waals surface area contributed by atoms with Gasteiger partial charge in [0.15, 0.2) is 0 Å². The number of carboxylic acids is 1. The molecular weight excluding hydrogens is 318 g/mol. The van der Waals surface area contributed by atoms with Gasteiger partial charge in [0.1, 0.15) is 5.60 Å². The average Bonchev–Trinajstić information content (AvgIpc) is 2.84. The Morgan fingerprint density at radius 2 is 2.00 bits per heavy atom. The highest BCUT2D eigenvalue weighted by Gasteiger charge is 2.46. The molecule has 126 valence electrons. The van der Waals surface area contributed by atoms with Gasteiger partial charge in [0, 0.05) is 18.0 Å². The van der Waals surface area contributed by atoms with E-state index in [1.165, 1.54) is 4.90 Å². The zero-order valence-corrected chi connectivity index (χ0v) is 14.4. The first-order chi connectivity index (χ1) is 10.7. The van der Waals surface area contributed by atoms with Crippen molar-refractivity contribution in [2.45, 2.75) is 51.2 Å². The van der Waals surface area contributed by atoms with Gasteiger partial charge in [0.25, 0.3) is 0 Å². The van der Waals surface area contributed by atoms with Crippen LogP contribution >= 0.6 is 11.6 Å². The van der Waals surface area contributed by atoms with Crippen LogP contribution in [0, 0.1) is 0 Å². The first-order valence-corrected chi connectivity index (χ1v) is 7.99. The zero-order chi connectivity index (χ0) is 17.3. The van der Waals surface area contributed by atoms with Crippen LogP contribution in [0.15, 0.2) is 24.3 Å². The molecule has 1 heterocycles. The van der Waals surface area contributed by atoms with Gasteiger partial charge in [-0.3, -0.25) is 4.90 Å². The van der Waals surface area contributed by atoms with Crippen LogP contribution in [0.4, 0.5) is 4.79 Å². The molecule has 0 radical (unpaired) electrons. The molecule has 1 aromatic rings. The number of halogens is 1. The van der Waals surface area contributed by atoms with Crippen molar-refractivity contribution >= 4 is 23.7 Å². The van der Waals surface area contributed by atoms with Crippen molar-refractivity contribution in [3.63, 3.8) is 0 Å². The number of nitrogens with zero attached hydrogens (tertiary/aromatic N) is 1. The van der Waals surface area contributed by atoms with E-state index in [0.717, 1.165) is 0 Å². The lowest BCUT2D eigenvalue weighted by atomic mass is 9.88. The molecule has 0 spiro atoms. The molecule has 2 rings (SSSR count). The maximum absolute atomic E-state index is 12.4. The molecule has 6 heteroatoms. The first kappa shape index (κ1) is 17.6. The van der Waals surface area contributed by atoms with Crippen LogP contribution in [-0.4, -0.2) is 34.6 Å². The number of carbonyl (C=O) groups is 2. The van der Waals surface area contributed by atoms with E-state index >= 15 is 0 Å². The van der Waals surface area contributed by atoms with Crippen molar-refractivity contribution in [3.05, 3.63) is 34.9 Å². The van der Waals surface area contributed by atoms with E-state index in [-0.39, 0.29) is 6.42 Å². The molecular formula is C17H21ClNO4-.